The molecule has 0 spiro atoms. The summed E-state index contributed by atoms with van der Waals surface area (Å²) in [6, 6.07) is 17.3. The minimum Gasteiger partial charge on any atom is -0.365 e. The molecule has 0 radical (unpaired) electrons. The fraction of sp³-hybridized carbons (Fsp3) is 0.429. The minimum atomic E-state index is 0.359. The lowest BCUT2D eigenvalue weighted by molar-refractivity contribution is 0.211. The number of rotatable bonds is 7. The van der Waals surface area contributed by atoms with Gasteiger partial charge in [0, 0.05) is 37.9 Å². The van der Waals surface area contributed by atoms with Crippen molar-refractivity contribution in [2.75, 3.05) is 23.7 Å². The lowest BCUT2D eigenvalue weighted by Crippen LogP contribution is -2.38. The maximum absolute atomic E-state index is 4.91. The number of anilines is 3. The fourth-order valence-electron chi connectivity index (χ4n) is 5.52. The second-order valence-electron chi connectivity index (χ2n) is 10.0. The molecule has 3 aromatic heterocycles. The van der Waals surface area contributed by atoms with E-state index in [2.05, 4.69) is 55.4 Å². The number of hydrogen-bond acceptors (Lipinski definition) is 7. The van der Waals surface area contributed by atoms with Gasteiger partial charge in [0.1, 0.15) is 5.82 Å². The van der Waals surface area contributed by atoms with Gasteiger partial charge < -0.3 is 15.2 Å². The van der Waals surface area contributed by atoms with Gasteiger partial charge >= 0.3 is 0 Å². The van der Waals surface area contributed by atoms with Gasteiger partial charge in [-0.2, -0.15) is 9.97 Å². The van der Waals surface area contributed by atoms with Gasteiger partial charge in [0.2, 0.25) is 5.95 Å². The summed E-state index contributed by atoms with van der Waals surface area (Å²) in [4.78, 5) is 21.5. The number of pyridine rings is 1. The average molecular weight is 483 g/mol. The molecule has 0 atom stereocenters. The number of fused-ring (bicyclic) bond motifs is 1. The van der Waals surface area contributed by atoms with Gasteiger partial charge in [0.05, 0.1) is 6.33 Å². The molecular formula is C28H34N8. The van der Waals surface area contributed by atoms with Crippen molar-refractivity contribution in [3.05, 3.63) is 66.6 Å². The van der Waals surface area contributed by atoms with Crippen molar-refractivity contribution < 1.29 is 0 Å². The maximum atomic E-state index is 4.91. The third-order valence-electron chi connectivity index (χ3n) is 7.47. The summed E-state index contributed by atoms with van der Waals surface area (Å²) in [7, 11) is 0. The predicted octanol–water partition coefficient (Wildman–Crippen LogP) is 5.55. The number of imidazole rings is 1. The highest BCUT2D eigenvalue weighted by Gasteiger charge is 2.24. The largest absolute Gasteiger partial charge is 0.365 e. The first kappa shape index (κ1) is 22.9. The van der Waals surface area contributed by atoms with Crippen LogP contribution in [0.25, 0.3) is 11.2 Å². The van der Waals surface area contributed by atoms with Crippen molar-refractivity contribution >= 4 is 28.7 Å². The average Bonchev–Trinajstić information content (AvgIpc) is 3.36. The van der Waals surface area contributed by atoms with Gasteiger partial charge in [0.25, 0.3) is 0 Å². The van der Waals surface area contributed by atoms with Crippen LogP contribution in [0, 0.1) is 0 Å². The van der Waals surface area contributed by atoms with Crippen molar-refractivity contribution in [1.82, 2.24) is 29.4 Å². The first-order valence-electron chi connectivity index (χ1n) is 13.3. The number of aromatic nitrogens is 5. The van der Waals surface area contributed by atoms with E-state index in [4.69, 9.17) is 15.0 Å². The van der Waals surface area contributed by atoms with Crippen LogP contribution in [0.3, 0.4) is 0 Å². The Morgan fingerprint density at radius 2 is 1.64 bits per heavy atom. The molecule has 36 heavy (non-hydrogen) atoms. The van der Waals surface area contributed by atoms with Gasteiger partial charge in [0.15, 0.2) is 17.0 Å². The van der Waals surface area contributed by atoms with Crippen LogP contribution in [-0.2, 0) is 6.54 Å². The molecule has 1 aromatic carbocycles. The van der Waals surface area contributed by atoms with Crippen LogP contribution in [0.4, 0.5) is 17.6 Å². The Morgan fingerprint density at radius 3 is 2.42 bits per heavy atom. The number of hydrogen-bond donors (Lipinski definition) is 2. The number of nitrogens with zero attached hydrogens (tertiary/aromatic N) is 6. The molecule has 1 saturated heterocycles. The van der Waals surface area contributed by atoms with E-state index in [1.165, 1.54) is 37.7 Å². The van der Waals surface area contributed by atoms with Gasteiger partial charge in [-0.05, 0) is 43.4 Å². The lowest BCUT2D eigenvalue weighted by atomic mass is 9.95. The molecule has 8 heteroatoms. The zero-order valence-corrected chi connectivity index (χ0v) is 20.7. The Bertz CT molecular complexity index is 1260. The van der Waals surface area contributed by atoms with E-state index in [-0.39, 0.29) is 0 Å². The van der Waals surface area contributed by atoms with Crippen LogP contribution in [0.2, 0.25) is 0 Å². The second-order valence-corrected chi connectivity index (χ2v) is 10.0. The first-order valence-corrected chi connectivity index (χ1v) is 13.3. The number of nitrogens with one attached hydrogen (secondary N) is 2. The Kier molecular flexibility index (Phi) is 6.76. The van der Waals surface area contributed by atoms with E-state index < -0.39 is 0 Å². The first-order chi connectivity index (χ1) is 17.8. The number of benzene rings is 1. The SMILES string of the molecule is c1ccc(CN2CCC(Nc3nc(Nc4ccccn4)nc4c3ncn4C3CCCCC3)CC2)cc1. The predicted molar refractivity (Wildman–Crippen MR) is 143 cm³/mol. The van der Waals surface area contributed by atoms with E-state index in [1.807, 2.05) is 24.5 Å². The molecule has 2 N–H and O–H groups in total. The molecule has 1 saturated carbocycles. The van der Waals surface area contributed by atoms with E-state index in [0.717, 1.165) is 55.3 Å². The van der Waals surface area contributed by atoms with Gasteiger partial charge in [-0.3, -0.25) is 4.90 Å². The normalized spacial score (nSPS) is 17.9. The van der Waals surface area contributed by atoms with Crippen LogP contribution in [0.5, 0.6) is 0 Å². The molecule has 1 aliphatic carbocycles. The summed E-state index contributed by atoms with van der Waals surface area (Å²) in [5.41, 5.74) is 3.14. The molecule has 186 valence electrons. The van der Waals surface area contributed by atoms with Crippen molar-refractivity contribution in [3.63, 3.8) is 0 Å². The van der Waals surface area contributed by atoms with Gasteiger partial charge in [-0.1, -0.05) is 55.7 Å². The highest BCUT2D eigenvalue weighted by molar-refractivity contribution is 5.85. The van der Waals surface area contributed by atoms with Gasteiger partial charge in [-0.25, -0.2) is 9.97 Å². The Balaban J connectivity index is 1.22. The number of likely N-dealkylation sites (tertiary alicyclic amines) is 1. The molecule has 4 heterocycles. The zero-order valence-electron chi connectivity index (χ0n) is 20.7. The van der Waals surface area contributed by atoms with Crippen LogP contribution < -0.4 is 10.6 Å². The molecule has 8 nitrogen and oxygen atoms in total. The van der Waals surface area contributed by atoms with Crippen molar-refractivity contribution in [2.45, 2.75) is 63.6 Å². The van der Waals surface area contributed by atoms with Crippen LogP contribution in [0.1, 0.15) is 56.6 Å². The van der Waals surface area contributed by atoms with E-state index in [9.17, 15) is 0 Å². The summed E-state index contributed by atoms with van der Waals surface area (Å²) < 4.78 is 2.27. The maximum Gasteiger partial charge on any atom is 0.232 e. The molecule has 0 bridgehead atoms. The van der Waals surface area contributed by atoms with E-state index in [0.29, 0.717) is 18.0 Å². The van der Waals surface area contributed by atoms with Crippen LogP contribution >= 0.6 is 0 Å². The zero-order chi connectivity index (χ0) is 24.2. The molecule has 0 unspecified atom stereocenters. The van der Waals surface area contributed by atoms with Crippen LogP contribution in [-0.4, -0.2) is 48.5 Å². The molecule has 6 rings (SSSR count). The Morgan fingerprint density at radius 1 is 0.833 bits per heavy atom. The van der Waals surface area contributed by atoms with E-state index >= 15 is 0 Å². The summed E-state index contributed by atoms with van der Waals surface area (Å²) in [5, 5.41) is 7.04. The highest BCUT2D eigenvalue weighted by Crippen LogP contribution is 2.32. The minimum absolute atomic E-state index is 0.359. The quantitative estimate of drug-likeness (QED) is 0.357. The molecule has 0 amide bonds. The highest BCUT2D eigenvalue weighted by atomic mass is 15.2. The van der Waals surface area contributed by atoms with E-state index in [1.54, 1.807) is 6.20 Å². The molecule has 2 aliphatic rings. The molecule has 4 aromatic rings. The fourth-order valence-corrected chi connectivity index (χ4v) is 5.52. The molecule has 2 fully saturated rings. The van der Waals surface area contributed by atoms with Crippen molar-refractivity contribution in [2.24, 2.45) is 0 Å². The second kappa shape index (κ2) is 10.6. The summed E-state index contributed by atoms with van der Waals surface area (Å²) in [5.74, 6) is 2.11. The Hall–Kier alpha value is -3.52. The third-order valence-corrected chi connectivity index (χ3v) is 7.47. The number of piperidine rings is 1. The molecule has 1 aliphatic heterocycles. The summed E-state index contributed by atoms with van der Waals surface area (Å²) >= 11 is 0. The summed E-state index contributed by atoms with van der Waals surface area (Å²) in [6.07, 6.45) is 12.1. The topological polar surface area (TPSA) is 83.8 Å². The lowest BCUT2D eigenvalue weighted by Gasteiger charge is -2.32. The molecular weight excluding hydrogens is 448 g/mol. The summed E-state index contributed by atoms with van der Waals surface area (Å²) in [6.45, 7) is 3.14. The van der Waals surface area contributed by atoms with Gasteiger partial charge in [-0.15, -0.1) is 0 Å². The third kappa shape index (κ3) is 5.18. The monoisotopic (exact) mass is 482 g/mol. The Labute approximate surface area is 212 Å². The van der Waals surface area contributed by atoms with Crippen molar-refractivity contribution in [3.8, 4) is 0 Å². The smallest absolute Gasteiger partial charge is 0.232 e. The van der Waals surface area contributed by atoms with Crippen molar-refractivity contribution in [1.29, 1.82) is 0 Å². The standard InChI is InChI=1S/C28H34N8/c1-3-9-21(10-4-1)19-35-17-14-22(15-18-35)31-26-25-27(36(20-30-25)23-11-5-2-6-12-23)34-28(33-26)32-24-13-7-8-16-29-24/h1,3-4,7-10,13,16,20,22-23H,2,5-6,11-12,14-15,17-19H2,(H2,29,31,32,33,34). The van der Waals surface area contributed by atoms with Crippen LogP contribution in [0.15, 0.2) is 61.1 Å².